The third-order valence-electron chi connectivity index (χ3n) is 4.92. The van der Waals surface area contributed by atoms with E-state index in [0.717, 1.165) is 45.3 Å². The first-order chi connectivity index (χ1) is 14.3. The number of benzene rings is 1. The van der Waals surface area contributed by atoms with Crippen LogP contribution >= 0.6 is 0 Å². The first kappa shape index (κ1) is 23.3. The number of rotatable bonds is 9. The van der Waals surface area contributed by atoms with Gasteiger partial charge in [0.25, 0.3) is 11.6 Å². The molecule has 1 fully saturated rings. The molecule has 1 saturated carbocycles. The predicted octanol–water partition coefficient (Wildman–Crippen LogP) is 3.54. The summed E-state index contributed by atoms with van der Waals surface area (Å²) in [5, 5.41) is 11.3. The van der Waals surface area contributed by atoms with Crippen molar-refractivity contribution in [2.24, 2.45) is 0 Å². The Bertz CT molecular complexity index is 782. The van der Waals surface area contributed by atoms with Crippen molar-refractivity contribution in [3.05, 3.63) is 27.8 Å². The van der Waals surface area contributed by atoms with Gasteiger partial charge in [0.15, 0.2) is 18.1 Å². The summed E-state index contributed by atoms with van der Waals surface area (Å²) in [6.45, 7) is -1.55. The maximum atomic E-state index is 12.5. The third-order valence-corrected chi connectivity index (χ3v) is 4.92. The number of halogens is 2. The van der Waals surface area contributed by atoms with Crippen molar-refractivity contribution in [3.63, 3.8) is 0 Å². The highest BCUT2D eigenvalue weighted by molar-refractivity contribution is 5.96. The summed E-state index contributed by atoms with van der Waals surface area (Å²) in [5.74, 6) is -2.44. The summed E-state index contributed by atoms with van der Waals surface area (Å²) in [7, 11) is 1.13. The lowest BCUT2D eigenvalue weighted by Gasteiger charge is -2.33. The number of nitro benzene ring substituents is 1. The van der Waals surface area contributed by atoms with Crippen molar-refractivity contribution in [3.8, 4) is 11.5 Å². The van der Waals surface area contributed by atoms with E-state index in [1.165, 1.54) is 0 Å². The van der Waals surface area contributed by atoms with Crippen LogP contribution in [0.2, 0.25) is 0 Å². The largest absolute Gasteiger partial charge is 0.493 e. The lowest BCUT2D eigenvalue weighted by Crippen LogP contribution is -2.43. The van der Waals surface area contributed by atoms with Crippen LogP contribution in [0, 0.1) is 10.1 Å². The topological polar surface area (TPSA) is 108 Å². The Labute approximate surface area is 172 Å². The maximum Gasteiger partial charge on any atom is 0.387 e. The van der Waals surface area contributed by atoms with Crippen LogP contribution in [0.5, 0.6) is 11.5 Å². The lowest BCUT2D eigenvalue weighted by molar-refractivity contribution is -0.385. The van der Waals surface area contributed by atoms with Gasteiger partial charge in [-0.05, 0) is 19.8 Å². The number of alkyl halides is 2. The molecule has 1 amide bonds. The van der Waals surface area contributed by atoms with Gasteiger partial charge in [0, 0.05) is 18.7 Å². The highest BCUT2D eigenvalue weighted by Gasteiger charge is 2.29. The minimum Gasteiger partial charge on any atom is -0.493 e. The second-order valence-corrected chi connectivity index (χ2v) is 6.70. The molecule has 0 atom stereocenters. The number of nitro groups is 1. The van der Waals surface area contributed by atoms with Gasteiger partial charge in [-0.15, -0.1) is 0 Å². The minimum absolute atomic E-state index is 0.0789. The van der Waals surface area contributed by atoms with Crippen LogP contribution < -0.4 is 9.47 Å². The first-order valence-corrected chi connectivity index (χ1v) is 9.56. The number of likely N-dealkylation sites (N-methyl/N-ethyl adjacent to an activating group) is 1. The first-order valence-electron chi connectivity index (χ1n) is 9.56. The summed E-state index contributed by atoms with van der Waals surface area (Å²) in [6, 6.07) is 1.61. The van der Waals surface area contributed by atoms with E-state index >= 15 is 0 Å². The molecule has 1 aromatic rings. The molecule has 1 aliphatic rings. The van der Waals surface area contributed by atoms with Gasteiger partial charge in [0.2, 0.25) is 0 Å². The van der Waals surface area contributed by atoms with E-state index in [1.807, 2.05) is 6.92 Å². The van der Waals surface area contributed by atoms with Gasteiger partial charge in [-0.3, -0.25) is 14.9 Å². The summed E-state index contributed by atoms with van der Waals surface area (Å²) in [4.78, 5) is 36.9. The van der Waals surface area contributed by atoms with E-state index in [4.69, 9.17) is 9.47 Å². The molecular weight excluding hydrogens is 406 g/mol. The number of hydrogen-bond donors (Lipinski definition) is 0. The zero-order valence-electron chi connectivity index (χ0n) is 16.8. The van der Waals surface area contributed by atoms with Gasteiger partial charge in [-0.25, -0.2) is 4.79 Å². The Morgan fingerprint density at radius 3 is 2.43 bits per heavy atom. The summed E-state index contributed by atoms with van der Waals surface area (Å²) in [6.07, 6.45) is 4.91. The Morgan fingerprint density at radius 2 is 1.90 bits per heavy atom. The molecule has 1 aromatic carbocycles. The quantitative estimate of drug-likeness (QED) is 0.335. The molecule has 0 spiro atoms. The monoisotopic (exact) mass is 430 g/mol. The van der Waals surface area contributed by atoms with Crippen LogP contribution in [0.25, 0.3) is 0 Å². The molecule has 0 radical (unpaired) electrons. The fourth-order valence-corrected chi connectivity index (χ4v) is 3.53. The molecule has 11 heteroatoms. The summed E-state index contributed by atoms with van der Waals surface area (Å²) in [5.41, 5.74) is -1.34. The second-order valence-electron chi connectivity index (χ2n) is 6.70. The Balaban J connectivity index is 2.16. The number of esters is 1. The predicted molar refractivity (Wildman–Crippen MR) is 101 cm³/mol. The molecule has 0 unspecified atom stereocenters. The highest BCUT2D eigenvalue weighted by atomic mass is 19.3. The van der Waals surface area contributed by atoms with Gasteiger partial charge in [0.1, 0.15) is 5.56 Å². The molecule has 0 N–H and O–H groups in total. The van der Waals surface area contributed by atoms with Crippen molar-refractivity contribution < 1.29 is 37.5 Å². The zero-order chi connectivity index (χ0) is 22.3. The second kappa shape index (κ2) is 10.7. The van der Waals surface area contributed by atoms with Crippen LogP contribution in [0.3, 0.4) is 0 Å². The number of nitrogens with zero attached hydrogens (tertiary/aromatic N) is 2. The average molecular weight is 430 g/mol. The fraction of sp³-hybridized carbons (Fsp3) is 0.579. The van der Waals surface area contributed by atoms with Gasteiger partial charge in [-0.2, -0.15) is 8.78 Å². The van der Waals surface area contributed by atoms with Gasteiger partial charge in [-0.1, -0.05) is 19.3 Å². The third kappa shape index (κ3) is 5.77. The highest BCUT2D eigenvalue weighted by Crippen LogP contribution is 2.36. The van der Waals surface area contributed by atoms with Crippen LogP contribution in [-0.2, 0) is 9.53 Å². The van der Waals surface area contributed by atoms with E-state index in [1.54, 1.807) is 4.90 Å². The maximum absolute atomic E-state index is 12.5. The normalized spacial score (nSPS) is 14.3. The molecule has 2 rings (SSSR count). The Hall–Kier alpha value is -2.98. The van der Waals surface area contributed by atoms with E-state index in [2.05, 4.69) is 4.74 Å². The van der Waals surface area contributed by atoms with Crippen molar-refractivity contribution >= 4 is 17.6 Å². The molecular formula is C19H24F2N2O7. The van der Waals surface area contributed by atoms with E-state index in [-0.39, 0.29) is 11.8 Å². The SMILES string of the molecule is CCN(C(=O)COC(=O)c1cc(OC)c(OC(F)F)cc1[N+](=O)[O-])C1CCCCC1. The number of carbonyl (C=O) groups is 2. The van der Waals surface area contributed by atoms with Gasteiger partial charge in [0.05, 0.1) is 18.1 Å². The zero-order valence-corrected chi connectivity index (χ0v) is 16.8. The average Bonchev–Trinajstić information content (AvgIpc) is 2.72. The fourth-order valence-electron chi connectivity index (χ4n) is 3.53. The molecule has 0 aromatic heterocycles. The molecule has 30 heavy (non-hydrogen) atoms. The number of methoxy groups -OCH3 is 1. The molecule has 0 heterocycles. The summed E-state index contributed by atoms with van der Waals surface area (Å²) < 4.78 is 39.1. The molecule has 9 nitrogen and oxygen atoms in total. The van der Waals surface area contributed by atoms with Gasteiger partial charge >= 0.3 is 12.6 Å². The summed E-state index contributed by atoms with van der Waals surface area (Å²) >= 11 is 0. The number of amides is 1. The van der Waals surface area contributed by atoms with E-state index < -0.39 is 47.0 Å². The van der Waals surface area contributed by atoms with Gasteiger partial charge < -0.3 is 19.1 Å². The number of hydrogen-bond acceptors (Lipinski definition) is 7. The van der Waals surface area contributed by atoms with Crippen LogP contribution in [0.4, 0.5) is 14.5 Å². The molecule has 0 saturated heterocycles. The number of ether oxygens (including phenoxy) is 3. The lowest BCUT2D eigenvalue weighted by atomic mass is 9.94. The van der Waals surface area contributed by atoms with Crippen molar-refractivity contribution in [1.82, 2.24) is 4.90 Å². The minimum atomic E-state index is -3.24. The number of carbonyl (C=O) groups excluding carboxylic acids is 2. The van der Waals surface area contributed by atoms with Crippen LogP contribution in [-0.4, -0.2) is 54.6 Å². The van der Waals surface area contributed by atoms with E-state index in [9.17, 15) is 28.5 Å². The Kier molecular flexibility index (Phi) is 8.31. The smallest absolute Gasteiger partial charge is 0.387 e. The van der Waals surface area contributed by atoms with Crippen molar-refractivity contribution in [2.75, 3.05) is 20.3 Å². The molecule has 1 aliphatic carbocycles. The molecule has 0 bridgehead atoms. The van der Waals surface area contributed by atoms with Crippen molar-refractivity contribution in [2.45, 2.75) is 51.7 Å². The standard InChI is InChI=1S/C19H24F2N2O7/c1-3-22(12-7-5-4-6-8-12)17(24)11-29-18(25)13-9-15(28-2)16(30-19(20)21)10-14(13)23(26)27/h9-10,12,19H,3-8,11H2,1-2H3. The van der Waals surface area contributed by atoms with Crippen LogP contribution in [0.15, 0.2) is 12.1 Å². The van der Waals surface area contributed by atoms with Crippen LogP contribution in [0.1, 0.15) is 49.4 Å². The van der Waals surface area contributed by atoms with E-state index in [0.29, 0.717) is 12.6 Å². The molecule has 0 aliphatic heterocycles. The molecule has 166 valence electrons. The van der Waals surface area contributed by atoms with Crippen molar-refractivity contribution in [1.29, 1.82) is 0 Å². The Morgan fingerprint density at radius 1 is 1.23 bits per heavy atom.